The standard InChI is InChI=1S/C24H22N4O4/c1-14-10-17(28-15(2)26-22-20(24(28)30)6-5-9-25-22)7-8-21(14)27-23(29)16-11-18(31-3)13-19(12-16)32-4/h5-13H,1-4H3,(H,27,29). The summed E-state index contributed by atoms with van der Waals surface area (Å²) in [4.78, 5) is 34.4. The largest absolute Gasteiger partial charge is 0.497 e. The van der Waals surface area contributed by atoms with E-state index in [4.69, 9.17) is 9.47 Å². The van der Waals surface area contributed by atoms with E-state index in [9.17, 15) is 9.59 Å². The van der Waals surface area contributed by atoms with E-state index in [0.717, 1.165) is 5.56 Å². The van der Waals surface area contributed by atoms with Gasteiger partial charge in [0, 0.05) is 23.5 Å². The van der Waals surface area contributed by atoms with Gasteiger partial charge in [-0.25, -0.2) is 9.97 Å². The quantitative estimate of drug-likeness (QED) is 0.519. The molecule has 32 heavy (non-hydrogen) atoms. The molecule has 0 aliphatic rings. The maximum absolute atomic E-state index is 13.0. The Morgan fingerprint density at radius 2 is 1.72 bits per heavy atom. The van der Waals surface area contributed by atoms with Gasteiger partial charge < -0.3 is 14.8 Å². The van der Waals surface area contributed by atoms with Crippen LogP contribution in [0.25, 0.3) is 16.7 Å². The van der Waals surface area contributed by atoms with E-state index in [0.29, 0.717) is 45.3 Å². The molecule has 0 fully saturated rings. The molecule has 162 valence electrons. The van der Waals surface area contributed by atoms with Crippen molar-refractivity contribution in [3.05, 3.63) is 82.0 Å². The van der Waals surface area contributed by atoms with E-state index in [1.54, 1.807) is 55.6 Å². The Kier molecular flexibility index (Phi) is 5.59. The van der Waals surface area contributed by atoms with E-state index in [1.165, 1.54) is 18.8 Å². The van der Waals surface area contributed by atoms with Crippen LogP contribution >= 0.6 is 0 Å². The van der Waals surface area contributed by atoms with E-state index < -0.39 is 0 Å². The molecule has 8 heteroatoms. The van der Waals surface area contributed by atoms with Gasteiger partial charge in [-0.3, -0.25) is 14.2 Å². The predicted octanol–water partition coefficient (Wildman–Crippen LogP) is 3.67. The summed E-state index contributed by atoms with van der Waals surface area (Å²) in [6.45, 7) is 3.62. The van der Waals surface area contributed by atoms with Crippen molar-refractivity contribution >= 4 is 22.6 Å². The molecule has 0 aliphatic heterocycles. The summed E-state index contributed by atoms with van der Waals surface area (Å²) >= 11 is 0. The number of carbonyl (C=O) groups excluding carboxylic acids is 1. The molecule has 2 heterocycles. The van der Waals surface area contributed by atoms with Crippen LogP contribution in [-0.2, 0) is 0 Å². The lowest BCUT2D eigenvalue weighted by atomic mass is 10.1. The van der Waals surface area contributed by atoms with Gasteiger partial charge in [-0.15, -0.1) is 0 Å². The van der Waals surface area contributed by atoms with Crippen molar-refractivity contribution in [1.29, 1.82) is 0 Å². The summed E-state index contributed by atoms with van der Waals surface area (Å²) in [5.74, 6) is 1.27. The Labute approximate surface area is 184 Å². The molecule has 4 rings (SSSR count). The topological polar surface area (TPSA) is 95.3 Å². The van der Waals surface area contributed by atoms with Crippen molar-refractivity contribution < 1.29 is 14.3 Å². The van der Waals surface area contributed by atoms with Crippen molar-refractivity contribution in [1.82, 2.24) is 14.5 Å². The third-order valence-electron chi connectivity index (χ3n) is 5.14. The molecule has 0 unspecified atom stereocenters. The Morgan fingerprint density at radius 3 is 2.38 bits per heavy atom. The lowest BCUT2D eigenvalue weighted by Crippen LogP contribution is -2.23. The van der Waals surface area contributed by atoms with E-state index >= 15 is 0 Å². The normalized spacial score (nSPS) is 10.8. The van der Waals surface area contributed by atoms with Crippen LogP contribution in [0.1, 0.15) is 21.7 Å². The molecule has 0 atom stereocenters. The van der Waals surface area contributed by atoms with Crippen LogP contribution in [0.2, 0.25) is 0 Å². The van der Waals surface area contributed by atoms with Gasteiger partial charge in [0.15, 0.2) is 5.65 Å². The lowest BCUT2D eigenvalue weighted by molar-refractivity contribution is 0.102. The number of aryl methyl sites for hydroxylation is 2. The number of ether oxygens (including phenoxy) is 2. The van der Waals surface area contributed by atoms with Crippen molar-refractivity contribution in [2.45, 2.75) is 13.8 Å². The zero-order valence-electron chi connectivity index (χ0n) is 18.2. The Hall–Kier alpha value is -4.20. The highest BCUT2D eigenvalue weighted by atomic mass is 16.5. The number of aromatic nitrogens is 3. The van der Waals surface area contributed by atoms with Crippen LogP contribution < -0.4 is 20.3 Å². The number of fused-ring (bicyclic) bond motifs is 1. The third-order valence-corrected chi connectivity index (χ3v) is 5.14. The van der Waals surface area contributed by atoms with Gasteiger partial charge >= 0.3 is 0 Å². The number of hydrogen-bond acceptors (Lipinski definition) is 6. The molecule has 2 aromatic carbocycles. The van der Waals surface area contributed by atoms with Gasteiger partial charge in [0.2, 0.25) is 0 Å². The maximum Gasteiger partial charge on any atom is 0.267 e. The minimum atomic E-state index is -0.301. The number of amides is 1. The SMILES string of the molecule is COc1cc(OC)cc(C(=O)Nc2ccc(-n3c(C)nc4ncccc4c3=O)cc2C)c1. The number of methoxy groups -OCH3 is 2. The molecule has 0 saturated carbocycles. The molecule has 1 N–H and O–H groups in total. The number of nitrogens with one attached hydrogen (secondary N) is 1. The summed E-state index contributed by atoms with van der Waals surface area (Å²) in [7, 11) is 3.06. The molecule has 0 bridgehead atoms. The van der Waals surface area contributed by atoms with Crippen LogP contribution in [0, 0.1) is 13.8 Å². The second kappa shape index (κ2) is 8.50. The first-order chi connectivity index (χ1) is 15.4. The third kappa shape index (κ3) is 3.90. The molecule has 4 aromatic rings. The van der Waals surface area contributed by atoms with Gasteiger partial charge in [-0.1, -0.05) is 0 Å². The second-order valence-corrected chi connectivity index (χ2v) is 7.23. The van der Waals surface area contributed by atoms with Crippen molar-refractivity contribution in [2.75, 3.05) is 19.5 Å². The minimum Gasteiger partial charge on any atom is -0.497 e. The number of hydrogen-bond donors (Lipinski definition) is 1. The van der Waals surface area contributed by atoms with E-state index in [1.807, 2.05) is 13.0 Å². The number of pyridine rings is 1. The van der Waals surface area contributed by atoms with E-state index in [2.05, 4.69) is 15.3 Å². The summed E-state index contributed by atoms with van der Waals surface area (Å²) in [5, 5.41) is 3.35. The molecular formula is C24H22N4O4. The highest BCUT2D eigenvalue weighted by Crippen LogP contribution is 2.25. The van der Waals surface area contributed by atoms with Gasteiger partial charge in [-0.05, 0) is 61.9 Å². The number of anilines is 1. The monoisotopic (exact) mass is 430 g/mol. The summed E-state index contributed by atoms with van der Waals surface area (Å²) in [5.41, 5.74) is 2.71. The van der Waals surface area contributed by atoms with E-state index in [-0.39, 0.29) is 11.5 Å². The fourth-order valence-electron chi connectivity index (χ4n) is 3.49. The maximum atomic E-state index is 13.0. The van der Waals surface area contributed by atoms with Crippen molar-refractivity contribution in [2.24, 2.45) is 0 Å². The first kappa shape index (κ1) is 21.0. The molecule has 0 saturated heterocycles. The number of nitrogens with zero attached hydrogens (tertiary/aromatic N) is 3. The lowest BCUT2D eigenvalue weighted by Gasteiger charge is -2.14. The molecule has 8 nitrogen and oxygen atoms in total. The summed E-state index contributed by atoms with van der Waals surface area (Å²) in [6.07, 6.45) is 1.61. The van der Waals surface area contributed by atoms with Gasteiger partial charge in [0.25, 0.3) is 11.5 Å². The van der Waals surface area contributed by atoms with Crippen LogP contribution in [0.15, 0.2) is 59.5 Å². The van der Waals surface area contributed by atoms with Crippen LogP contribution in [0.3, 0.4) is 0 Å². The first-order valence-electron chi connectivity index (χ1n) is 9.91. The Bertz CT molecular complexity index is 1370. The molecule has 0 aliphatic carbocycles. The number of rotatable bonds is 5. The van der Waals surface area contributed by atoms with Gasteiger partial charge in [-0.2, -0.15) is 0 Å². The first-order valence-corrected chi connectivity index (χ1v) is 9.91. The predicted molar refractivity (Wildman–Crippen MR) is 122 cm³/mol. The zero-order chi connectivity index (χ0) is 22.8. The molecule has 2 aromatic heterocycles. The van der Waals surface area contributed by atoms with Crippen LogP contribution in [-0.4, -0.2) is 34.7 Å². The summed E-state index contributed by atoms with van der Waals surface area (Å²) < 4.78 is 12.0. The highest BCUT2D eigenvalue weighted by molar-refractivity contribution is 6.05. The average molecular weight is 430 g/mol. The highest BCUT2D eigenvalue weighted by Gasteiger charge is 2.14. The molecule has 1 amide bonds. The zero-order valence-corrected chi connectivity index (χ0v) is 18.2. The Balaban J connectivity index is 1.67. The van der Waals surface area contributed by atoms with Crippen molar-refractivity contribution in [3.63, 3.8) is 0 Å². The average Bonchev–Trinajstić information content (AvgIpc) is 2.80. The molecule has 0 radical (unpaired) electrons. The fourth-order valence-corrected chi connectivity index (χ4v) is 3.49. The van der Waals surface area contributed by atoms with Gasteiger partial charge in [0.1, 0.15) is 17.3 Å². The molecule has 0 spiro atoms. The number of carbonyl (C=O) groups is 1. The summed E-state index contributed by atoms with van der Waals surface area (Å²) in [6, 6.07) is 13.8. The van der Waals surface area contributed by atoms with Crippen molar-refractivity contribution in [3.8, 4) is 17.2 Å². The smallest absolute Gasteiger partial charge is 0.267 e. The molecular weight excluding hydrogens is 408 g/mol. The van der Waals surface area contributed by atoms with Gasteiger partial charge in [0.05, 0.1) is 25.3 Å². The fraction of sp³-hybridized carbons (Fsp3) is 0.167. The van der Waals surface area contributed by atoms with Crippen LogP contribution in [0.5, 0.6) is 11.5 Å². The second-order valence-electron chi connectivity index (χ2n) is 7.23. The van der Waals surface area contributed by atoms with Crippen LogP contribution in [0.4, 0.5) is 5.69 Å². The Morgan fingerprint density at radius 1 is 1.00 bits per heavy atom. The number of benzene rings is 2. The minimum absolute atomic E-state index is 0.194.